The third kappa shape index (κ3) is 3.37. The van der Waals surface area contributed by atoms with Crippen LogP contribution in [0.2, 0.25) is 0 Å². The van der Waals surface area contributed by atoms with Crippen LogP contribution in [0.1, 0.15) is 18.4 Å². The molecule has 0 radical (unpaired) electrons. The molecule has 124 valence electrons. The fraction of sp³-hybridized carbons (Fsp3) is 0.222. The highest BCUT2D eigenvalue weighted by Gasteiger charge is 2.57. The van der Waals surface area contributed by atoms with Crippen molar-refractivity contribution in [2.75, 3.05) is 5.32 Å². The zero-order chi connectivity index (χ0) is 17.2. The third-order valence-electron chi connectivity index (χ3n) is 3.98. The molecular formula is C18H16FNO4. The van der Waals surface area contributed by atoms with E-state index in [-0.39, 0.29) is 12.4 Å². The molecule has 2 N–H and O–H groups in total. The Morgan fingerprint density at radius 1 is 1.17 bits per heavy atom. The van der Waals surface area contributed by atoms with Gasteiger partial charge in [-0.3, -0.25) is 9.59 Å². The van der Waals surface area contributed by atoms with Gasteiger partial charge in [0.1, 0.15) is 23.6 Å². The van der Waals surface area contributed by atoms with Crippen LogP contribution >= 0.6 is 0 Å². The van der Waals surface area contributed by atoms with Gasteiger partial charge in [0.2, 0.25) is 5.91 Å². The van der Waals surface area contributed by atoms with Crippen molar-refractivity contribution in [2.24, 2.45) is 5.41 Å². The number of anilines is 1. The summed E-state index contributed by atoms with van der Waals surface area (Å²) in [5.74, 6) is -1.56. The van der Waals surface area contributed by atoms with E-state index >= 15 is 0 Å². The average Bonchev–Trinajstić information content (AvgIpc) is 3.35. The van der Waals surface area contributed by atoms with Crippen LogP contribution in [0, 0.1) is 11.2 Å². The van der Waals surface area contributed by atoms with E-state index in [2.05, 4.69) is 5.32 Å². The molecule has 1 saturated carbocycles. The Balaban J connectivity index is 1.64. The van der Waals surface area contributed by atoms with Crippen molar-refractivity contribution < 1.29 is 23.8 Å². The number of amides is 1. The maximum absolute atomic E-state index is 13.1. The van der Waals surface area contributed by atoms with Crippen molar-refractivity contribution in [3.8, 4) is 5.75 Å². The predicted octanol–water partition coefficient (Wildman–Crippen LogP) is 3.21. The zero-order valence-electron chi connectivity index (χ0n) is 12.8. The molecule has 1 amide bonds. The molecule has 0 atom stereocenters. The van der Waals surface area contributed by atoms with Gasteiger partial charge in [-0.15, -0.1) is 0 Å². The molecule has 0 heterocycles. The SMILES string of the molecule is O=C(O)C1(C(=O)Nc2cccc(COc3cccc(F)c3)c2)CC1. The lowest BCUT2D eigenvalue weighted by Gasteiger charge is -2.12. The van der Waals surface area contributed by atoms with Gasteiger partial charge in [-0.2, -0.15) is 0 Å². The molecule has 6 heteroatoms. The number of hydrogen-bond acceptors (Lipinski definition) is 3. The number of halogens is 1. The Labute approximate surface area is 138 Å². The highest BCUT2D eigenvalue weighted by molar-refractivity contribution is 6.10. The Morgan fingerprint density at radius 2 is 1.92 bits per heavy atom. The molecule has 0 aliphatic heterocycles. The van der Waals surface area contributed by atoms with Crippen LogP contribution in [0.4, 0.5) is 10.1 Å². The monoisotopic (exact) mass is 329 g/mol. The molecule has 0 aromatic heterocycles. The number of nitrogens with one attached hydrogen (secondary N) is 1. The van der Waals surface area contributed by atoms with Gasteiger partial charge in [0, 0.05) is 11.8 Å². The van der Waals surface area contributed by atoms with Gasteiger partial charge in [0.05, 0.1) is 0 Å². The summed E-state index contributed by atoms with van der Waals surface area (Å²) in [7, 11) is 0. The van der Waals surface area contributed by atoms with E-state index in [0.29, 0.717) is 24.3 Å². The van der Waals surface area contributed by atoms with Crippen LogP contribution in [0.25, 0.3) is 0 Å². The van der Waals surface area contributed by atoms with Crippen molar-refractivity contribution in [3.63, 3.8) is 0 Å². The molecule has 1 aliphatic rings. The number of hydrogen-bond donors (Lipinski definition) is 2. The maximum atomic E-state index is 13.1. The number of carboxylic acid groups (broad SMARTS) is 1. The maximum Gasteiger partial charge on any atom is 0.319 e. The lowest BCUT2D eigenvalue weighted by molar-refractivity contribution is -0.147. The van der Waals surface area contributed by atoms with Crippen molar-refractivity contribution in [1.82, 2.24) is 0 Å². The van der Waals surface area contributed by atoms with Gasteiger partial charge < -0.3 is 15.2 Å². The molecule has 2 aromatic rings. The normalized spacial score (nSPS) is 14.7. The number of carbonyl (C=O) groups is 2. The molecule has 0 bridgehead atoms. The first kappa shape index (κ1) is 16.0. The minimum Gasteiger partial charge on any atom is -0.489 e. The third-order valence-corrected chi connectivity index (χ3v) is 3.98. The first-order valence-corrected chi connectivity index (χ1v) is 7.52. The molecule has 2 aromatic carbocycles. The summed E-state index contributed by atoms with van der Waals surface area (Å²) in [6.45, 7) is 0.206. The molecule has 0 spiro atoms. The van der Waals surface area contributed by atoms with Crippen LogP contribution < -0.4 is 10.1 Å². The second-order valence-electron chi connectivity index (χ2n) is 5.79. The van der Waals surface area contributed by atoms with Crippen LogP contribution in [0.15, 0.2) is 48.5 Å². The van der Waals surface area contributed by atoms with Crippen LogP contribution in [-0.4, -0.2) is 17.0 Å². The molecule has 24 heavy (non-hydrogen) atoms. The summed E-state index contributed by atoms with van der Waals surface area (Å²) in [4.78, 5) is 23.3. The minimum atomic E-state index is -1.28. The van der Waals surface area contributed by atoms with Crippen LogP contribution in [0.3, 0.4) is 0 Å². The van der Waals surface area contributed by atoms with E-state index in [9.17, 15) is 14.0 Å². The minimum absolute atomic E-state index is 0.206. The molecule has 3 rings (SSSR count). The van der Waals surface area contributed by atoms with E-state index in [1.165, 1.54) is 12.1 Å². The number of benzene rings is 2. The summed E-state index contributed by atoms with van der Waals surface area (Å²) in [5.41, 5.74) is -0.00116. The first-order valence-electron chi connectivity index (χ1n) is 7.52. The van der Waals surface area contributed by atoms with Crippen molar-refractivity contribution >= 4 is 17.6 Å². The van der Waals surface area contributed by atoms with Crippen molar-refractivity contribution in [1.29, 1.82) is 0 Å². The molecule has 0 saturated heterocycles. The topological polar surface area (TPSA) is 75.6 Å². The highest BCUT2D eigenvalue weighted by atomic mass is 19.1. The second kappa shape index (κ2) is 6.31. The lowest BCUT2D eigenvalue weighted by atomic mass is 10.1. The van der Waals surface area contributed by atoms with E-state index in [4.69, 9.17) is 9.84 Å². The molecule has 5 nitrogen and oxygen atoms in total. The van der Waals surface area contributed by atoms with Crippen molar-refractivity contribution in [2.45, 2.75) is 19.4 Å². The second-order valence-corrected chi connectivity index (χ2v) is 5.79. The van der Waals surface area contributed by atoms with Crippen LogP contribution in [0.5, 0.6) is 5.75 Å². The Bertz CT molecular complexity index is 786. The summed E-state index contributed by atoms with van der Waals surface area (Å²) < 4.78 is 18.6. The van der Waals surface area contributed by atoms with Crippen molar-refractivity contribution in [3.05, 3.63) is 59.9 Å². The summed E-state index contributed by atoms with van der Waals surface area (Å²) >= 11 is 0. The van der Waals surface area contributed by atoms with Gasteiger partial charge in [-0.1, -0.05) is 18.2 Å². The number of rotatable bonds is 6. The average molecular weight is 329 g/mol. The van der Waals surface area contributed by atoms with Gasteiger partial charge in [-0.05, 0) is 42.7 Å². The lowest BCUT2D eigenvalue weighted by Crippen LogP contribution is -2.31. The fourth-order valence-electron chi connectivity index (χ4n) is 2.38. The van der Waals surface area contributed by atoms with Gasteiger partial charge >= 0.3 is 5.97 Å². The standard InChI is InChI=1S/C18H16FNO4/c19-13-4-2-6-15(10-13)24-11-12-3-1-5-14(9-12)20-16(21)18(7-8-18)17(22)23/h1-6,9-10H,7-8,11H2,(H,20,21)(H,22,23). The summed E-state index contributed by atoms with van der Waals surface area (Å²) in [6, 6.07) is 12.8. The van der Waals surface area contributed by atoms with Gasteiger partial charge in [0.25, 0.3) is 0 Å². The smallest absolute Gasteiger partial charge is 0.319 e. The number of aliphatic carboxylic acids is 1. The van der Waals surface area contributed by atoms with E-state index in [0.717, 1.165) is 5.56 Å². The summed E-state index contributed by atoms with van der Waals surface area (Å²) in [6.07, 6.45) is 0.715. The number of carboxylic acids is 1. The Kier molecular flexibility index (Phi) is 4.20. The molecule has 1 aliphatic carbocycles. The van der Waals surface area contributed by atoms with E-state index in [1.54, 1.807) is 36.4 Å². The number of carbonyl (C=O) groups excluding carboxylic acids is 1. The molecule has 1 fully saturated rings. The first-order chi connectivity index (χ1) is 11.5. The van der Waals surface area contributed by atoms with Gasteiger partial charge in [0.15, 0.2) is 0 Å². The predicted molar refractivity (Wildman–Crippen MR) is 85.1 cm³/mol. The Morgan fingerprint density at radius 3 is 2.58 bits per heavy atom. The molecule has 0 unspecified atom stereocenters. The van der Waals surface area contributed by atoms with Crippen LogP contribution in [-0.2, 0) is 16.2 Å². The summed E-state index contributed by atoms with van der Waals surface area (Å²) in [5, 5.41) is 11.8. The quantitative estimate of drug-likeness (QED) is 0.798. The number of ether oxygens (including phenoxy) is 1. The highest BCUT2D eigenvalue weighted by Crippen LogP contribution is 2.46. The molecular weight excluding hydrogens is 313 g/mol. The van der Waals surface area contributed by atoms with Gasteiger partial charge in [-0.25, -0.2) is 4.39 Å². The largest absolute Gasteiger partial charge is 0.489 e. The zero-order valence-corrected chi connectivity index (χ0v) is 12.8. The fourth-order valence-corrected chi connectivity index (χ4v) is 2.38. The van der Waals surface area contributed by atoms with E-state index < -0.39 is 17.3 Å². The van der Waals surface area contributed by atoms with E-state index in [1.807, 2.05) is 0 Å². The Hall–Kier alpha value is -2.89.